The third-order valence-electron chi connectivity index (χ3n) is 8.36. The summed E-state index contributed by atoms with van der Waals surface area (Å²) in [5.74, 6) is 0. The highest BCUT2D eigenvalue weighted by Gasteiger charge is 2.12. The van der Waals surface area contributed by atoms with E-state index in [-0.39, 0.29) is 0 Å². The van der Waals surface area contributed by atoms with Gasteiger partial charge < -0.3 is 4.57 Å². The van der Waals surface area contributed by atoms with Crippen LogP contribution in [-0.2, 0) is 6.54 Å². The summed E-state index contributed by atoms with van der Waals surface area (Å²) in [5.41, 5.74) is 7.58. The lowest BCUT2D eigenvalue weighted by Crippen LogP contribution is -1.92. The van der Waals surface area contributed by atoms with Crippen LogP contribution in [0.5, 0.6) is 0 Å². The van der Waals surface area contributed by atoms with Crippen LogP contribution in [0, 0.1) is 0 Å². The predicted molar refractivity (Wildman–Crippen MR) is 169 cm³/mol. The Morgan fingerprint density at radius 2 is 0.821 bits per heavy atom. The van der Waals surface area contributed by atoms with Gasteiger partial charge >= 0.3 is 0 Å². The number of fused-ring (bicyclic) bond motifs is 9. The van der Waals surface area contributed by atoms with Crippen LogP contribution >= 0.6 is 0 Å². The molecule has 8 rings (SSSR count). The molecule has 7 aromatic carbocycles. The average molecular weight is 498 g/mol. The normalized spacial score (nSPS) is 11.8. The highest BCUT2D eigenvalue weighted by molar-refractivity contribution is 6.25. The van der Waals surface area contributed by atoms with Gasteiger partial charge in [0.05, 0.1) is 0 Å². The second-order valence-corrected chi connectivity index (χ2v) is 10.4. The number of hydrogen-bond donors (Lipinski definition) is 0. The molecule has 0 aliphatic rings. The van der Waals surface area contributed by atoms with E-state index in [1.807, 2.05) is 0 Å². The Kier molecular flexibility index (Phi) is 4.87. The van der Waals surface area contributed by atoms with Crippen molar-refractivity contribution in [1.82, 2.24) is 4.57 Å². The third kappa shape index (κ3) is 3.33. The first kappa shape index (κ1) is 22.1. The molecule has 0 unspecified atom stereocenters. The summed E-state index contributed by atoms with van der Waals surface area (Å²) >= 11 is 0. The molecule has 0 saturated carbocycles. The summed E-state index contributed by atoms with van der Waals surface area (Å²) in [6.45, 7) is 3.18. The molecule has 0 bridgehead atoms. The van der Waals surface area contributed by atoms with Crippen molar-refractivity contribution in [3.05, 3.63) is 133 Å². The maximum atomic E-state index is 2.41. The second kappa shape index (κ2) is 8.58. The Morgan fingerprint density at radius 3 is 1.46 bits per heavy atom. The van der Waals surface area contributed by atoms with Crippen molar-refractivity contribution in [2.45, 2.75) is 13.5 Å². The molecule has 0 saturated heterocycles. The van der Waals surface area contributed by atoms with Gasteiger partial charge in [0.15, 0.2) is 0 Å². The number of nitrogens with zero attached hydrogens (tertiary/aromatic N) is 1. The third-order valence-corrected chi connectivity index (χ3v) is 8.36. The van der Waals surface area contributed by atoms with E-state index in [1.54, 1.807) is 0 Å². The zero-order chi connectivity index (χ0) is 25.9. The molecule has 1 aromatic heterocycles. The van der Waals surface area contributed by atoms with Crippen LogP contribution in [0.2, 0.25) is 0 Å². The van der Waals surface area contributed by atoms with Crippen LogP contribution < -0.4 is 0 Å². The monoisotopic (exact) mass is 497 g/mol. The number of aryl methyl sites for hydroxylation is 1. The Bertz CT molecular complexity index is 2180. The summed E-state index contributed by atoms with van der Waals surface area (Å²) in [6, 6.07) is 49.2. The fourth-order valence-electron chi connectivity index (χ4n) is 6.54. The highest BCUT2D eigenvalue weighted by atomic mass is 15.0. The van der Waals surface area contributed by atoms with Gasteiger partial charge in [0.25, 0.3) is 0 Å². The van der Waals surface area contributed by atoms with E-state index < -0.39 is 0 Å². The molecular formula is C38H27N. The maximum Gasteiger partial charge on any atom is 0.0491 e. The Balaban J connectivity index is 1.30. The van der Waals surface area contributed by atoms with Crippen molar-refractivity contribution >= 4 is 54.1 Å². The fraction of sp³-hybridized carbons (Fsp3) is 0.0526. The lowest BCUT2D eigenvalue weighted by molar-refractivity contribution is 0.827. The van der Waals surface area contributed by atoms with Gasteiger partial charge in [-0.05, 0) is 91.8 Å². The van der Waals surface area contributed by atoms with E-state index in [4.69, 9.17) is 0 Å². The highest BCUT2D eigenvalue weighted by Crippen LogP contribution is 2.38. The van der Waals surface area contributed by atoms with Crippen molar-refractivity contribution in [1.29, 1.82) is 0 Å². The van der Waals surface area contributed by atoms with Gasteiger partial charge in [-0.2, -0.15) is 0 Å². The van der Waals surface area contributed by atoms with Crippen LogP contribution in [0.4, 0.5) is 0 Å². The van der Waals surface area contributed by atoms with E-state index in [0.29, 0.717) is 0 Å². The van der Waals surface area contributed by atoms with Gasteiger partial charge in [0.2, 0.25) is 0 Å². The molecule has 1 heteroatoms. The predicted octanol–water partition coefficient (Wildman–Crippen LogP) is 10.6. The Labute approximate surface area is 227 Å². The number of para-hydroxylation sites is 1. The zero-order valence-electron chi connectivity index (χ0n) is 21.9. The van der Waals surface area contributed by atoms with Crippen LogP contribution in [0.3, 0.4) is 0 Å². The molecule has 0 atom stereocenters. The van der Waals surface area contributed by atoms with Crippen molar-refractivity contribution < 1.29 is 0 Å². The lowest BCUT2D eigenvalue weighted by Gasteiger charge is -2.12. The molecule has 0 radical (unpaired) electrons. The van der Waals surface area contributed by atoms with Crippen molar-refractivity contribution in [3.8, 4) is 22.3 Å². The molecule has 8 aromatic rings. The maximum absolute atomic E-state index is 2.41. The molecule has 0 N–H and O–H groups in total. The SMILES string of the molecule is CCn1c2ccccc2c2cc(-c3cccc(-c4ccc5c6ccccc6c6ccccc6c5c4)c3)ccc21. The summed E-state index contributed by atoms with van der Waals surface area (Å²) in [5, 5.41) is 10.5. The van der Waals surface area contributed by atoms with E-state index in [1.165, 1.54) is 76.4 Å². The standard InChI is InChI=1S/C38H27N/c1-2-39-37-17-8-7-16-34(37)36-24-28(19-21-38(36)39)26-11-9-10-25(22-26)27-18-20-33-31-14-4-3-12-29(31)30-13-5-6-15-32(30)35(33)23-27/h3-24H,2H2,1H3. The summed E-state index contributed by atoms with van der Waals surface area (Å²) in [7, 11) is 0. The molecule has 0 amide bonds. The first-order valence-corrected chi connectivity index (χ1v) is 13.8. The zero-order valence-corrected chi connectivity index (χ0v) is 21.9. The van der Waals surface area contributed by atoms with Gasteiger partial charge in [0.1, 0.15) is 0 Å². The minimum absolute atomic E-state index is 0.963. The number of hydrogen-bond acceptors (Lipinski definition) is 0. The van der Waals surface area contributed by atoms with E-state index in [9.17, 15) is 0 Å². The summed E-state index contributed by atoms with van der Waals surface area (Å²) in [4.78, 5) is 0. The summed E-state index contributed by atoms with van der Waals surface area (Å²) < 4.78 is 2.41. The van der Waals surface area contributed by atoms with Gasteiger partial charge in [-0.3, -0.25) is 0 Å². The number of benzene rings is 7. The first-order valence-electron chi connectivity index (χ1n) is 13.8. The van der Waals surface area contributed by atoms with Crippen LogP contribution in [-0.4, -0.2) is 4.57 Å². The molecule has 1 nitrogen and oxygen atoms in total. The Morgan fingerprint density at radius 1 is 0.359 bits per heavy atom. The molecule has 0 aliphatic heterocycles. The lowest BCUT2D eigenvalue weighted by atomic mass is 9.91. The van der Waals surface area contributed by atoms with Crippen LogP contribution in [0.15, 0.2) is 133 Å². The summed E-state index contributed by atoms with van der Waals surface area (Å²) in [6.07, 6.45) is 0. The van der Waals surface area contributed by atoms with Crippen molar-refractivity contribution in [3.63, 3.8) is 0 Å². The average Bonchev–Trinajstić information content (AvgIpc) is 3.34. The van der Waals surface area contributed by atoms with E-state index in [0.717, 1.165) is 6.54 Å². The van der Waals surface area contributed by atoms with Crippen LogP contribution in [0.1, 0.15) is 6.92 Å². The van der Waals surface area contributed by atoms with Gasteiger partial charge in [-0.15, -0.1) is 0 Å². The molecule has 184 valence electrons. The largest absolute Gasteiger partial charge is 0.341 e. The molecule has 0 aliphatic carbocycles. The first-order chi connectivity index (χ1) is 19.3. The molecule has 0 spiro atoms. The van der Waals surface area contributed by atoms with Crippen LogP contribution in [0.25, 0.3) is 76.4 Å². The smallest absolute Gasteiger partial charge is 0.0491 e. The minimum atomic E-state index is 0.963. The topological polar surface area (TPSA) is 4.93 Å². The minimum Gasteiger partial charge on any atom is -0.341 e. The van der Waals surface area contributed by atoms with Crippen molar-refractivity contribution in [2.24, 2.45) is 0 Å². The van der Waals surface area contributed by atoms with Gasteiger partial charge in [0, 0.05) is 28.4 Å². The molecular weight excluding hydrogens is 470 g/mol. The quantitative estimate of drug-likeness (QED) is 0.214. The fourth-order valence-corrected chi connectivity index (χ4v) is 6.54. The number of rotatable bonds is 3. The van der Waals surface area contributed by atoms with Gasteiger partial charge in [-0.25, -0.2) is 0 Å². The van der Waals surface area contributed by atoms with E-state index >= 15 is 0 Å². The van der Waals surface area contributed by atoms with Crippen molar-refractivity contribution in [2.75, 3.05) is 0 Å². The molecule has 1 heterocycles. The second-order valence-electron chi connectivity index (χ2n) is 10.4. The van der Waals surface area contributed by atoms with E-state index in [2.05, 4.69) is 145 Å². The van der Waals surface area contributed by atoms with Gasteiger partial charge in [-0.1, -0.05) is 103 Å². The number of aromatic nitrogens is 1. The molecule has 39 heavy (non-hydrogen) atoms. The molecule has 0 fully saturated rings. The Hall–Kier alpha value is -4.88.